The lowest BCUT2D eigenvalue weighted by Gasteiger charge is -2.16. The summed E-state index contributed by atoms with van der Waals surface area (Å²) in [5.41, 5.74) is 16.9. The Morgan fingerprint density at radius 3 is 1.00 bits per heavy atom. The van der Waals surface area contributed by atoms with E-state index in [2.05, 4.69) is 170 Å². The molecular weight excluding hydrogens is 508 g/mol. The molecule has 202 valence electrons. The highest BCUT2D eigenvalue weighted by Crippen LogP contribution is 2.44. The van der Waals surface area contributed by atoms with Crippen LogP contribution in [0.3, 0.4) is 0 Å². The van der Waals surface area contributed by atoms with Gasteiger partial charge < -0.3 is 9.97 Å². The van der Waals surface area contributed by atoms with Gasteiger partial charge in [0.05, 0.1) is 11.4 Å². The van der Waals surface area contributed by atoms with Crippen molar-refractivity contribution in [2.24, 2.45) is 0 Å². The van der Waals surface area contributed by atoms with Gasteiger partial charge in [0.1, 0.15) is 0 Å². The maximum atomic E-state index is 3.67. The molecule has 0 fully saturated rings. The Morgan fingerprint density at radius 2 is 0.667 bits per heavy atom. The Kier molecular flexibility index (Phi) is 6.65. The summed E-state index contributed by atoms with van der Waals surface area (Å²) < 4.78 is 0. The summed E-state index contributed by atoms with van der Waals surface area (Å²) in [6.45, 7) is 4.44. The fraction of sp³-hybridized carbons (Fsp3) is 0.0500. The van der Waals surface area contributed by atoms with E-state index in [1.807, 2.05) is 0 Å². The highest BCUT2D eigenvalue weighted by molar-refractivity contribution is 5.97. The number of hydrogen-bond acceptors (Lipinski definition) is 0. The maximum Gasteiger partial charge on any atom is 0.0542 e. The molecule has 5 aromatic carbocycles. The topological polar surface area (TPSA) is 31.6 Å². The van der Waals surface area contributed by atoms with E-state index in [0.29, 0.717) is 0 Å². The van der Waals surface area contributed by atoms with Gasteiger partial charge in [-0.3, -0.25) is 0 Å². The van der Waals surface area contributed by atoms with Gasteiger partial charge in [0.25, 0.3) is 0 Å². The molecule has 0 radical (unpaired) electrons. The van der Waals surface area contributed by atoms with Crippen molar-refractivity contribution in [1.82, 2.24) is 9.97 Å². The molecule has 2 aromatic heterocycles. The lowest BCUT2D eigenvalue weighted by atomic mass is 9.88. The Morgan fingerprint density at radius 1 is 0.357 bits per heavy atom. The van der Waals surface area contributed by atoms with E-state index in [9.17, 15) is 0 Å². The number of benzene rings is 5. The van der Waals surface area contributed by atoms with Gasteiger partial charge in [-0.15, -0.1) is 0 Å². The molecule has 0 atom stereocenters. The van der Waals surface area contributed by atoms with Crippen LogP contribution in [0.1, 0.15) is 11.1 Å². The van der Waals surface area contributed by atoms with Gasteiger partial charge in [0, 0.05) is 45.8 Å². The van der Waals surface area contributed by atoms with Crippen molar-refractivity contribution in [3.63, 3.8) is 0 Å². The number of nitrogens with one attached hydrogen (secondary N) is 2. The predicted octanol–water partition coefficient (Wildman–Crippen LogP) is 11.0. The highest BCUT2D eigenvalue weighted by atomic mass is 14.7. The first-order chi connectivity index (χ1) is 20.7. The molecule has 2 heteroatoms. The molecule has 0 saturated heterocycles. The molecule has 42 heavy (non-hydrogen) atoms. The molecule has 7 rings (SSSR count). The van der Waals surface area contributed by atoms with Gasteiger partial charge in [-0.2, -0.15) is 0 Å². The second-order valence-electron chi connectivity index (χ2n) is 10.9. The molecule has 2 heterocycles. The first-order valence-electron chi connectivity index (χ1n) is 14.5. The molecule has 0 amide bonds. The molecule has 0 aliphatic carbocycles. The van der Waals surface area contributed by atoms with Crippen molar-refractivity contribution in [3.8, 4) is 67.0 Å². The molecule has 0 unspecified atom stereocenters. The number of rotatable bonds is 6. The van der Waals surface area contributed by atoms with Crippen LogP contribution in [0, 0.1) is 13.8 Å². The number of H-pyrrole nitrogens is 2. The Labute approximate surface area is 247 Å². The van der Waals surface area contributed by atoms with E-state index in [-0.39, 0.29) is 0 Å². The third-order valence-electron chi connectivity index (χ3n) is 8.16. The van der Waals surface area contributed by atoms with Crippen molar-refractivity contribution < 1.29 is 0 Å². The summed E-state index contributed by atoms with van der Waals surface area (Å²) in [6.07, 6.45) is 4.31. The highest BCUT2D eigenvalue weighted by Gasteiger charge is 2.21. The summed E-state index contributed by atoms with van der Waals surface area (Å²) >= 11 is 0. The minimum absolute atomic E-state index is 1.15. The molecule has 0 aliphatic rings. The Balaban J connectivity index is 1.40. The van der Waals surface area contributed by atoms with Crippen molar-refractivity contribution in [3.05, 3.63) is 157 Å². The van der Waals surface area contributed by atoms with Crippen LogP contribution in [0.25, 0.3) is 67.0 Å². The van der Waals surface area contributed by atoms with E-state index in [4.69, 9.17) is 0 Å². The van der Waals surface area contributed by atoms with Crippen LogP contribution in [0.2, 0.25) is 0 Å². The summed E-state index contributed by atoms with van der Waals surface area (Å²) in [4.78, 5) is 7.34. The van der Waals surface area contributed by atoms with Gasteiger partial charge in [0.2, 0.25) is 0 Å². The number of aromatic amines is 2. The second-order valence-corrected chi connectivity index (χ2v) is 10.9. The van der Waals surface area contributed by atoms with E-state index in [1.54, 1.807) is 0 Å². The van der Waals surface area contributed by atoms with E-state index in [0.717, 1.165) is 11.4 Å². The average Bonchev–Trinajstić information content (AvgIpc) is 3.69. The van der Waals surface area contributed by atoms with Gasteiger partial charge >= 0.3 is 0 Å². The normalized spacial score (nSPS) is 11.1. The van der Waals surface area contributed by atoms with Crippen LogP contribution in [0.5, 0.6) is 0 Å². The standard InChI is InChI=1S/C40H32N2/c1-27-23-34(40-38(32-21-13-6-14-22-32)36(26-42-40)30-17-9-4-10-18-30)28(2)24-33(27)39-37(31-19-11-5-12-20-31)35(25-41-39)29-15-7-3-8-16-29/h3-26,41-42H,1-2H3. The van der Waals surface area contributed by atoms with Crippen LogP contribution >= 0.6 is 0 Å². The minimum atomic E-state index is 1.15. The number of hydrogen-bond donors (Lipinski definition) is 2. The van der Waals surface area contributed by atoms with E-state index in [1.165, 1.54) is 66.8 Å². The molecule has 2 N–H and O–H groups in total. The molecule has 2 nitrogen and oxygen atoms in total. The van der Waals surface area contributed by atoms with Crippen LogP contribution in [-0.2, 0) is 0 Å². The third kappa shape index (κ3) is 4.57. The smallest absolute Gasteiger partial charge is 0.0542 e. The molecule has 0 aliphatic heterocycles. The minimum Gasteiger partial charge on any atom is -0.360 e. The third-order valence-corrected chi connectivity index (χ3v) is 8.16. The zero-order valence-corrected chi connectivity index (χ0v) is 23.9. The second kappa shape index (κ2) is 10.9. The lowest BCUT2D eigenvalue weighted by Crippen LogP contribution is -1.94. The molecule has 7 aromatic rings. The van der Waals surface area contributed by atoms with Gasteiger partial charge in [0.15, 0.2) is 0 Å². The van der Waals surface area contributed by atoms with Crippen molar-refractivity contribution in [2.45, 2.75) is 13.8 Å². The monoisotopic (exact) mass is 540 g/mol. The van der Waals surface area contributed by atoms with Crippen LogP contribution in [0.4, 0.5) is 0 Å². The number of aromatic nitrogens is 2. The van der Waals surface area contributed by atoms with E-state index < -0.39 is 0 Å². The van der Waals surface area contributed by atoms with Gasteiger partial charge in [-0.1, -0.05) is 121 Å². The fourth-order valence-corrected chi connectivity index (χ4v) is 6.13. The Bertz CT molecular complexity index is 1820. The predicted molar refractivity (Wildman–Crippen MR) is 177 cm³/mol. The molecular formula is C40H32N2. The van der Waals surface area contributed by atoms with Gasteiger partial charge in [-0.25, -0.2) is 0 Å². The number of aryl methyl sites for hydroxylation is 2. The van der Waals surface area contributed by atoms with Crippen LogP contribution in [-0.4, -0.2) is 9.97 Å². The fourth-order valence-electron chi connectivity index (χ4n) is 6.13. The summed E-state index contributed by atoms with van der Waals surface area (Å²) in [6, 6.07) is 47.4. The molecule has 0 bridgehead atoms. The molecule has 0 saturated carbocycles. The zero-order valence-electron chi connectivity index (χ0n) is 23.9. The first kappa shape index (κ1) is 25.6. The summed E-state index contributed by atoms with van der Waals surface area (Å²) in [7, 11) is 0. The largest absolute Gasteiger partial charge is 0.360 e. The lowest BCUT2D eigenvalue weighted by molar-refractivity contribution is 1.32. The van der Waals surface area contributed by atoms with E-state index >= 15 is 0 Å². The Hall–Kier alpha value is -5.34. The van der Waals surface area contributed by atoms with Gasteiger partial charge in [-0.05, 0) is 59.4 Å². The SMILES string of the molecule is Cc1cc(-c2[nH]cc(-c3ccccc3)c2-c2ccccc2)c(C)cc1-c1[nH]cc(-c2ccccc2)c1-c1ccccc1. The van der Waals surface area contributed by atoms with Crippen molar-refractivity contribution in [1.29, 1.82) is 0 Å². The average molecular weight is 541 g/mol. The van der Waals surface area contributed by atoms with Crippen molar-refractivity contribution in [2.75, 3.05) is 0 Å². The summed E-state index contributed by atoms with van der Waals surface area (Å²) in [5.74, 6) is 0. The van der Waals surface area contributed by atoms with Crippen LogP contribution < -0.4 is 0 Å². The zero-order chi connectivity index (χ0) is 28.5. The molecule has 0 spiro atoms. The summed E-state index contributed by atoms with van der Waals surface area (Å²) in [5, 5.41) is 0. The maximum absolute atomic E-state index is 3.67. The quantitative estimate of drug-likeness (QED) is 0.210. The van der Waals surface area contributed by atoms with Crippen molar-refractivity contribution >= 4 is 0 Å². The van der Waals surface area contributed by atoms with Crippen LogP contribution in [0.15, 0.2) is 146 Å². The first-order valence-corrected chi connectivity index (χ1v) is 14.5.